The lowest BCUT2D eigenvalue weighted by molar-refractivity contribution is -0.133. The Bertz CT molecular complexity index is 208. The highest BCUT2D eigenvalue weighted by molar-refractivity contribution is 5.88. The van der Waals surface area contributed by atoms with Gasteiger partial charge in [-0.15, -0.1) is 0 Å². The fourth-order valence-corrected chi connectivity index (χ4v) is 1.25. The molecule has 0 atom stereocenters. The molecule has 0 aromatic heterocycles. The molecular weight excluding hydrogens is 164 g/mol. The molecule has 0 radical (unpaired) electrons. The van der Waals surface area contributed by atoms with Crippen molar-refractivity contribution >= 4 is 5.97 Å². The van der Waals surface area contributed by atoms with E-state index in [1.807, 2.05) is 0 Å². The second kappa shape index (κ2) is 5.64. The van der Waals surface area contributed by atoms with Crippen LogP contribution in [0.5, 0.6) is 0 Å². The largest absolute Gasteiger partial charge is 0.459 e. The normalized spacial score (nSPS) is 10.2. The van der Waals surface area contributed by atoms with Crippen LogP contribution >= 0.6 is 0 Å². The van der Waals surface area contributed by atoms with Crippen LogP contribution in [0, 0.1) is 17.3 Å². The van der Waals surface area contributed by atoms with Crippen LogP contribution in [0.25, 0.3) is 0 Å². The summed E-state index contributed by atoms with van der Waals surface area (Å²) in [5.41, 5.74) is -0.00576. The standard InChI is InChI=1S/C11H18O2/c1-5-11(6-2,7-3)9-8-10(12)13-4/h5-7H2,1-4H3. The van der Waals surface area contributed by atoms with Crippen molar-refractivity contribution in [3.63, 3.8) is 0 Å². The molecule has 74 valence electrons. The van der Waals surface area contributed by atoms with Gasteiger partial charge in [-0.1, -0.05) is 26.7 Å². The van der Waals surface area contributed by atoms with Gasteiger partial charge in [0.1, 0.15) is 0 Å². The molecule has 0 aliphatic rings. The Morgan fingerprint density at radius 2 is 1.69 bits per heavy atom. The van der Waals surface area contributed by atoms with Crippen LogP contribution in [0.1, 0.15) is 40.0 Å². The summed E-state index contributed by atoms with van der Waals surface area (Å²) in [6.45, 7) is 6.29. The Kier molecular flexibility index (Phi) is 5.22. The lowest BCUT2D eigenvalue weighted by atomic mass is 9.80. The van der Waals surface area contributed by atoms with Gasteiger partial charge in [0, 0.05) is 11.3 Å². The Balaban J connectivity index is 4.55. The molecule has 0 heterocycles. The fraction of sp³-hybridized carbons (Fsp3) is 0.727. The SMILES string of the molecule is CCC(C#CC(=O)OC)(CC)CC. The van der Waals surface area contributed by atoms with E-state index in [2.05, 4.69) is 37.3 Å². The highest BCUT2D eigenvalue weighted by Crippen LogP contribution is 2.28. The van der Waals surface area contributed by atoms with E-state index in [-0.39, 0.29) is 5.41 Å². The average molecular weight is 182 g/mol. The van der Waals surface area contributed by atoms with Crippen molar-refractivity contribution in [2.24, 2.45) is 5.41 Å². The number of carbonyl (C=O) groups excluding carboxylic acids is 1. The summed E-state index contributed by atoms with van der Waals surface area (Å²) in [7, 11) is 1.35. The molecule has 0 saturated carbocycles. The third kappa shape index (κ3) is 3.50. The second-order valence-corrected chi connectivity index (χ2v) is 3.08. The number of esters is 1. The van der Waals surface area contributed by atoms with Crippen molar-refractivity contribution in [1.82, 2.24) is 0 Å². The molecule has 0 amide bonds. The maximum absolute atomic E-state index is 10.8. The zero-order valence-electron chi connectivity index (χ0n) is 8.94. The molecule has 0 rings (SSSR count). The zero-order chi connectivity index (χ0) is 10.3. The molecule has 0 aliphatic carbocycles. The van der Waals surface area contributed by atoms with Crippen molar-refractivity contribution in [3.05, 3.63) is 0 Å². The van der Waals surface area contributed by atoms with E-state index in [9.17, 15) is 4.79 Å². The number of carbonyl (C=O) groups is 1. The minimum Gasteiger partial charge on any atom is -0.459 e. The minimum atomic E-state index is -0.445. The van der Waals surface area contributed by atoms with Gasteiger partial charge in [0.05, 0.1) is 7.11 Å². The molecule has 0 aromatic carbocycles. The van der Waals surface area contributed by atoms with Crippen molar-refractivity contribution in [1.29, 1.82) is 0 Å². The number of rotatable bonds is 3. The van der Waals surface area contributed by atoms with Crippen LogP contribution in [0.4, 0.5) is 0 Å². The van der Waals surface area contributed by atoms with Gasteiger partial charge in [-0.25, -0.2) is 4.79 Å². The number of hydrogen-bond donors (Lipinski definition) is 0. The van der Waals surface area contributed by atoms with Crippen molar-refractivity contribution in [2.75, 3.05) is 7.11 Å². The Hall–Kier alpha value is -0.970. The zero-order valence-corrected chi connectivity index (χ0v) is 8.94. The van der Waals surface area contributed by atoms with Crippen molar-refractivity contribution in [2.45, 2.75) is 40.0 Å². The molecular formula is C11H18O2. The van der Waals surface area contributed by atoms with E-state index < -0.39 is 5.97 Å². The summed E-state index contributed by atoms with van der Waals surface area (Å²) in [5.74, 6) is 5.08. The van der Waals surface area contributed by atoms with Gasteiger partial charge < -0.3 is 4.74 Å². The summed E-state index contributed by atoms with van der Waals surface area (Å²) < 4.78 is 4.47. The second-order valence-electron chi connectivity index (χ2n) is 3.08. The first kappa shape index (κ1) is 12.0. The summed E-state index contributed by atoms with van der Waals surface area (Å²) in [4.78, 5) is 10.8. The first-order valence-corrected chi connectivity index (χ1v) is 4.75. The highest BCUT2D eigenvalue weighted by Gasteiger charge is 2.20. The van der Waals surface area contributed by atoms with Gasteiger partial charge in [-0.2, -0.15) is 0 Å². The first-order valence-electron chi connectivity index (χ1n) is 4.75. The van der Waals surface area contributed by atoms with Crippen LogP contribution in [0.15, 0.2) is 0 Å². The molecule has 0 unspecified atom stereocenters. The van der Waals surface area contributed by atoms with Gasteiger partial charge in [0.15, 0.2) is 0 Å². The third-order valence-corrected chi connectivity index (χ3v) is 2.65. The fourth-order valence-electron chi connectivity index (χ4n) is 1.25. The molecule has 2 nitrogen and oxygen atoms in total. The summed E-state index contributed by atoms with van der Waals surface area (Å²) >= 11 is 0. The van der Waals surface area contributed by atoms with Gasteiger partial charge in [-0.3, -0.25) is 0 Å². The summed E-state index contributed by atoms with van der Waals surface area (Å²) in [6, 6.07) is 0. The molecule has 0 aliphatic heterocycles. The Morgan fingerprint density at radius 3 is 2.00 bits per heavy atom. The first-order chi connectivity index (χ1) is 6.14. The molecule has 0 fully saturated rings. The van der Waals surface area contributed by atoms with E-state index in [0.717, 1.165) is 19.3 Å². The summed E-state index contributed by atoms with van der Waals surface area (Å²) in [5, 5.41) is 0. The maximum atomic E-state index is 10.8. The van der Waals surface area contributed by atoms with Gasteiger partial charge in [-0.05, 0) is 19.3 Å². The quantitative estimate of drug-likeness (QED) is 0.380. The molecule has 0 spiro atoms. The number of ether oxygens (including phenoxy) is 1. The lowest BCUT2D eigenvalue weighted by Crippen LogP contribution is -2.15. The van der Waals surface area contributed by atoms with Gasteiger partial charge in [0.2, 0.25) is 0 Å². The molecule has 0 N–H and O–H groups in total. The van der Waals surface area contributed by atoms with Crippen LogP contribution in [0.2, 0.25) is 0 Å². The van der Waals surface area contributed by atoms with Crippen LogP contribution in [-0.2, 0) is 9.53 Å². The maximum Gasteiger partial charge on any atom is 0.384 e. The van der Waals surface area contributed by atoms with Gasteiger partial charge in [0.25, 0.3) is 0 Å². The molecule has 13 heavy (non-hydrogen) atoms. The van der Waals surface area contributed by atoms with Gasteiger partial charge >= 0.3 is 5.97 Å². The minimum absolute atomic E-state index is 0.00576. The average Bonchev–Trinajstić information content (AvgIpc) is 2.20. The predicted molar refractivity (Wildman–Crippen MR) is 53.1 cm³/mol. The topological polar surface area (TPSA) is 26.3 Å². The molecule has 0 saturated heterocycles. The predicted octanol–water partition coefficient (Wildman–Crippen LogP) is 2.38. The molecule has 2 heteroatoms. The van der Waals surface area contributed by atoms with Crippen LogP contribution < -0.4 is 0 Å². The summed E-state index contributed by atoms with van der Waals surface area (Å²) in [6.07, 6.45) is 2.93. The Morgan fingerprint density at radius 1 is 1.23 bits per heavy atom. The number of hydrogen-bond acceptors (Lipinski definition) is 2. The van der Waals surface area contributed by atoms with Crippen molar-refractivity contribution < 1.29 is 9.53 Å². The molecule has 0 aromatic rings. The highest BCUT2D eigenvalue weighted by atomic mass is 16.5. The van der Waals surface area contributed by atoms with E-state index in [1.54, 1.807) is 0 Å². The third-order valence-electron chi connectivity index (χ3n) is 2.65. The number of methoxy groups -OCH3 is 1. The van der Waals surface area contributed by atoms with E-state index >= 15 is 0 Å². The van der Waals surface area contributed by atoms with Crippen LogP contribution in [-0.4, -0.2) is 13.1 Å². The monoisotopic (exact) mass is 182 g/mol. The Labute approximate surface area is 80.7 Å². The van der Waals surface area contributed by atoms with Crippen LogP contribution in [0.3, 0.4) is 0 Å². The smallest absolute Gasteiger partial charge is 0.384 e. The van der Waals surface area contributed by atoms with E-state index in [0.29, 0.717) is 0 Å². The van der Waals surface area contributed by atoms with E-state index in [1.165, 1.54) is 7.11 Å². The van der Waals surface area contributed by atoms with Crippen molar-refractivity contribution in [3.8, 4) is 11.8 Å². The van der Waals surface area contributed by atoms with E-state index in [4.69, 9.17) is 0 Å². The lowest BCUT2D eigenvalue weighted by Gasteiger charge is -2.22. The molecule has 0 bridgehead atoms.